The van der Waals surface area contributed by atoms with E-state index in [1.807, 2.05) is 5.43 Å². The van der Waals surface area contributed by atoms with Crippen molar-refractivity contribution >= 4 is 5.91 Å². The Labute approximate surface area is 106 Å². The first-order chi connectivity index (χ1) is 8.58. The molecule has 0 atom stereocenters. The normalized spacial score (nSPS) is 11.2. The third-order valence-corrected chi connectivity index (χ3v) is 2.59. The first-order valence-corrected chi connectivity index (χ1v) is 5.78. The number of carbonyl (C=O) groups excluding carboxylic acids is 1. The summed E-state index contributed by atoms with van der Waals surface area (Å²) in [6.07, 6.45) is 0. The van der Waals surface area contributed by atoms with Gasteiger partial charge in [0.15, 0.2) is 11.5 Å². The minimum atomic E-state index is -0.460. The lowest BCUT2D eigenvalue weighted by Gasteiger charge is -2.24. The number of hydrazine groups is 1. The molecule has 1 aromatic heterocycles. The lowest BCUT2D eigenvalue weighted by molar-refractivity contribution is 0.0944. The molecule has 1 heterocycles. The molecule has 0 saturated carbocycles. The maximum Gasteiger partial charge on any atom is 0.287 e. The molecule has 0 saturated heterocycles. The summed E-state index contributed by atoms with van der Waals surface area (Å²) in [5.74, 6) is 5.18. The zero-order valence-corrected chi connectivity index (χ0v) is 11.0. The summed E-state index contributed by atoms with van der Waals surface area (Å²) in [7, 11) is 1.66. The number of nitrogens with one attached hydrogen (secondary N) is 1. The molecule has 0 fully saturated rings. The summed E-state index contributed by atoms with van der Waals surface area (Å²) in [6, 6.07) is 1.93. The Bertz CT molecular complexity index is 378. The van der Waals surface area contributed by atoms with Gasteiger partial charge in [-0.2, -0.15) is 0 Å². The van der Waals surface area contributed by atoms with Crippen molar-refractivity contribution in [2.75, 3.05) is 20.3 Å². The number of rotatable bonds is 7. The lowest BCUT2D eigenvalue weighted by Crippen LogP contribution is -2.33. The molecule has 0 radical (unpaired) electrons. The van der Waals surface area contributed by atoms with Crippen LogP contribution in [0.3, 0.4) is 0 Å². The van der Waals surface area contributed by atoms with Crippen LogP contribution in [0.5, 0.6) is 0 Å². The standard InChI is InChI=1S/C11H20N4O3/c1-8(2)15(4-5-17-3)7-9-6-10(14-18-9)11(16)13-12/h6,8H,4-5,7,12H2,1-3H3,(H,13,16). The van der Waals surface area contributed by atoms with E-state index in [4.69, 9.17) is 15.1 Å². The molecule has 0 aliphatic rings. The molecule has 0 unspecified atom stereocenters. The van der Waals surface area contributed by atoms with Gasteiger partial charge in [0.25, 0.3) is 5.91 Å². The highest BCUT2D eigenvalue weighted by Gasteiger charge is 2.15. The van der Waals surface area contributed by atoms with Crippen molar-refractivity contribution < 1.29 is 14.1 Å². The van der Waals surface area contributed by atoms with E-state index < -0.39 is 5.91 Å². The number of nitrogens with zero attached hydrogens (tertiary/aromatic N) is 2. The number of hydrogen-bond donors (Lipinski definition) is 2. The van der Waals surface area contributed by atoms with Gasteiger partial charge in [0.2, 0.25) is 0 Å². The van der Waals surface area contributed by atoms with Gasteiger partial charge in [0.05, 0.1) is 13.2 Å². The van der Waals surface area contributed by atoms with Crippen molar-refractivity contribution in [1.82, 2.24) is 15.5 Å². The summed E-state index contributed by atoms with van der Waals surface area (Å²) in [4.78, 5) is 13.4. The highest BCUT2D eigenvalue weighted by Crippen LogP contribution is 2.09. The van der Waals surface area contributed by atoms with Crippen LogP contribution in [0, 0.1) is 0 Å². The van der Waals surface area contributed by atoms with Crippen molar-refractivity contribution in [3.05, 3.63) is 17.5 Å². The molecule has 7 nitrogen and oxygen atoms in total. The molecule has 1 amide bonds. The summed E-state index contributed by atoms with van der Waals surface area (Å²) in [6.45, 7) is 6.17. The van der Waals surface area contributed by atoms with E-state index in [2.05, 4.69) is 23.9 Å². The van der Waals surface area contributed by atoms with E-state index in [9.17, 15) is 4.79 Å². The highest BCUT2D eigenvalue weighted by atomic mass is 16.5. The average Bonchev–Trinajstić information content (AvgIpc) is 2.81. The first kappa shape index (κ1) is 14.6. The number of aromatic nitrogens is 1. The molecule has 0 bridgehead atoms. The fraction of sp³-hybridized carbons (Fsp3) is 0.636. The van der Waals surface area contributed by atoms with Gasteiger partial charge in [-0.15, -0.1) is 0 Å². The highest BCUT2D eigenvalue weighted by molar-refractivity contribution is 5.91. The summed E-state index contributed by atoms with van der Waals surface area (Å²) >= 11 is 0. The van der Waals surface area contributed by atoms with Gasteiger partial charge in [-0.1, -0.05) is 5.16 Å². The predicted octanol–water partition coefficient (Wildman–Crippen LogP) is 0.135. The molecule has 102 valence electrons. The van der Waals surface area contributed by atoms with Crippen LogP contribution in [0.15, 0.2) is 10.6 Å². The predicted molar refractivity (Wildman–Crippen MR) is 65.6 cm³/mol. The molecule has 1 rings (SSSR count). The molecule has 18 heavy (non-hydrogen) atoms. The Balaban J connectivity index is 2.63. The third kappa shape index (κ3) is 4.10. The molecular weight excluding hydrogens is 236 g/mol. The Morgan fingerprint density at radius 1 is 1.67 bits per heavy atom. The maximum absolute atomic E-state index is 11.2. The Morgan fingerprint density at radius 3 is 2.94 bits per heavy atom. The van der Waals surface area contributed by atoms with E-state index >= 15 is 0 Å². The van der Waals surface area contributed by atoms with Gasteiger partial charge in [-0.05, 0) is 13.8 Å². The SMILES string of the molecule is COCCN(Cc1cc(C(=O)NN)no1)C(C)C. The minimum absolute atomic E-state index is 0.183. The van der Waals surface area contributed by atoms with Crippen molar-refractivity contribution in [2.24, 2.45) is 5.84 Å². The van der Waals surface area contributed by atoms with Crippen molar-refractivity contribution in [3.8, 4) is 0 Å². The molecule has 0 aliphatic heterocycles. The van der Waals surface area contributed by atoms with Crippen molar-refractivity contribution in [3.63, 3.8) is 0 Å². The summed E-state index contributed by atoms with van der Waals surface area (Å²) < 4.78 is 10.2. The Hall–Kier alpha value is -1.44. The van der Waals surface area contributed by atoms with E-state index in [0.717, 1.165) is 6.54 Å². The van der Waals surface area contributed by atoms with Crippen LogP contribution >= 0.6 is 0 Å². The van der Waals surface area contributed by atoms with Gasteiger partial charge in [-0.25, -0.2) is 5.84 Å². The monoisotopic (exact) mass is 256 g/mol. The minimum Gasteiger partial charge on any atom is -0.383 e. The van der Waals surface area contributed by atoms with Crippen LogP contribution in [0.2, 0.25) is 0 Å². The summed E-state index contributed by atoms with van der Waals surface area (Å²) in [5.41, 5.74) is 2.19. The van der Waals surface area contributed by atoms with E-state index in [0.29, 0.717) is 25.0 Å². The largest absolute Gasteiger partial charge is 0.383 e. The van der Waals surface area contributed by atoms with Crippen molar-refractivity contribution in [1.29, 1.82) is 0 Å². The van der Waals surface area contributed by atoms with Gasteiger partial charge in [0, 0.05) is 25.8 Å². The quantitative estimate of drug-likeness (QED) is 0.409. The van der Waals surface area contributed by atoms with Crippen molar-refractivity contribution in [2.45, 2.75) is 26.4 Å². The topological polar surface area (TPSA) is 93.6 Å². The number of nitrogen functional groups attached to an aromatic ring is 1. The Kier molecular flexibility index (Phi) is 5.76. The van der Waals surface area contributed by atoms with Gasteiger partial charge >= 0.3 is 0 Å². The average molecular weight is 256 g/mol. The second-order valence-corrected chi connectivity index (χ2v) is 4.21. The van der Waals surface area contributed by atoms with Gasteiger partial charge in [0.1, 0.15) is 0 Å². The first-order valence-electron chi connectivity index (χ1n) is 5.78. The second-order valence-electron chi connectivity index (χ2n) is 4.21. The fourth-order valence-electron chi connectivity index (χ4n) is 1.50. The molecule has 0 aromatic carbocycles. The van der Waals surface area contributed by atoms with E-state index in [-0.39, 0.29) is 5.69 Å². The molecule has 0 aliphatic carbocycles. The molecule has 3 N–H and O–H groups in total. The lowest BCUT2D eigenvalue weighted by atomic mass is 10.2. The van der Waals surface area contributed by atoms with Crippen LogP contribution in [0.1, 0.15) is 30.1 Å². The molecular formula is C11H20N4O3. The van der Waals surface area contributed by atoms with Crippen LogP contribution in [0.25, 0.3) is 0 Å². The van der Waals surface area contributed by atoms with E-state index in [1.54, 1.807) is 13.2 Å². The Morgan fingerprint density at radius 2 is 2.39 bits per heavy atom. The molecule has 1 aromatic rings. The van der Waals surface area contributed by atoms with Crippen LogP contribution < -0.4 is 11.3 Å². The number of methoxy groups -OCH3 is 1. The maximum atomic E-state index is 11.2. The van der Waals surface area contributed by atoms with Gasteiger partial charge in [-0.3, -0.25) is 15.1 Å². The zero-order valence-electron chi connectivity index (χ0n) is 11.0. The summed E-state index contributed by atoms with van der Waals surface area (Å²) in [5, 5.41) is 3.65. The number of hydrogen-bond acceptors (Lipinski definition) is 6. The number of nitrogens with two attached hydrogens (primary N) is 1. The number of amides is 1. The zero-order chi connectivity index (χ0) is 13.5. The fourth-order valence-corrected chi connectivity index (χ4v) is 1.50. The molecule has 7 heteroatoms. The van der Waals surface area contributed by atoms with Crippen LogP contribution in [-0.4, -0.2) is 42.3 Å². The van der Waals surface area contributed by atoms with Crippen LogP contribution in [-0.2, 0) is 11.3 Å². The molecule has 0 spiro atoms. The number of ether oxygens (including phenoxy) is 1. The third-order valence-electron chi connectivity index (χ3n) is 2.59. The van der Waals surface area contributed by atoms with Gasteiger partial charge < -0.3 is 9.26 Å². The van der Waals surface area contributed by atoms with E-state index in [1.165, 1.54) is 0 Å². The number of carbonyl (C=O) groups is 1. The smallest absolute Gasteiger partial charge is 0.287 e. The van der Waals surface area contributed by atoms with Crippen LogP contribution in [0.4, 0.5) is 0 Å². The second kappa shape index (κ2) is 7.10.